The summed E-state index contributed by atoms with van der Waals surface area (Å²) in [6, 6.07) is 4.34. The molecule has 1 aromatic carbocycles. The molecule has 0 aliphatic carbocycles. The number of hydrogen-bond acceptors (Lipinski definition) is 4. The molecule has 0 radical (unpaired) electrons. The normalized spacial score (nSPS) is 25.0. The first-order valence-electron chi connectivity index (χ1n) is 9.08. The van der Waals surface area contributed by atoms with Gasteiger partial charge < -0.3 is 9.84 Å². The van der Waals surface area contributed by atoms with Gasteiger partial charge in [0.05, 0.1) is 18.5 Å². The van der Waals surface area contributed by atoms with Crippen LogP contribution in [0.3, 0.4) is 0 Å². The van der Waals surface area contributed by atoms with Gasteiger partial charge in [0.25, 0.3) is 0 Å². The van der Waals surface area contributed by atoms with Crippen molar-refractivity contribution in [3.63, 3.8) is 0 Å². The molecule has 2 atom stereocenters. The van der Waals surface area contributed by atoms with Crippen LogP contribution in [0.4, 0.5) is 4.39 Å². The van der Waals surface area contributed by atoms with Crippen LogP contribution in [0, 0.1) is 5.82 Å². The lowest BCUT2D eigenvalue weighted by molar-refractivity contribution is 0.117. The van der Waals surface area contributed by atoms with Crippen molar-refractivity contribution in [1.29, 1.82) is 0 Å². The van der Waals surface area contributed by atoms with Crippen LogP contribution < -0.4 is 0 Å². The second kappa shape index (κ2) is 7.53. The van der Waals surface area contributed by atoms with Crippen molar-refractivity contribution in [2.75, 3.05) is 12.4 Å². The third-order valence-corrected chi connectivity index (χ3v) is 7.32. The summed E-state index contributed by atoms with van der Waals surface area (Å²) in [6.45, 7) is 4.30. The van der Waals surface area contributed by atoms with E-state index in [1.807, 2.05) is 19.9 Å². The number of fused-ring (bicyclic) bond motifs is 1. The van der Waals surface area contributed by atoms with Crippen molar-refractivity contribution in [2.24, 2.45) is 0 Å². The molecule has 1 fully saturated rings. The molecule has 6 heteroatoms. The van der Waals surface area contributed by atoms with Crippen LogP contribution in [0.2, 0.25) is 0 Å². The van der Waals surface area contributed by atoms with E-state index in [1.54, 1.807) is 6.07 Å². The van der Waals surface area contributed by atoms with Crippen molar-refractivity contribution in [1.82, 2.24) is 0 Å². The molecule has 26 heavy (non-hydrogen) atoms. The van der Waals surface area contributed by atoms with Gasteiger partial charge in [0, 0.05) is 0 Å². The second-order valence-corrected chi connectivity index (χ2v) is 9.12. The summed E-state index contributed by atoms with van der Waals surface area (Å²) in [5.74, 6) is -0.816. The SMILES string of the molecule is CCC1=C2[C@@H](CC/C(=C/c3ccc(O)c(F)c3)CC)OC[C@@H]2S(=O)(=O)C1. The average molecular weight is 380 g/mol. The van der Waals surface area contributed by atoms with E-state index < -0.39 is 20.9 Å². The van der Waals surface area contributed by atoms with Gasteiger partial charge >= 0.3 is 0 Å². The van der Waals surface area contributed by atoms with Crippen LogP contribution in [-0.4, -0.2) is 37.2 Å². The van der Waals surface area contributed by atoms with Crippen LogP contribution in [-0.2, 0) is 14.6 Å². The van der Waals surface area contributed by atoms with E-state index in [1.165, 1.54) is 12.1 Å². The molecule has 4 nitrogen and oxygen atoms in total. The third kappa shape index (κ3) is 3.71. The number of aromatic hydroxyl groups is 1. The zero-order chi connectivity index (χ0) is 18.9. The fraction of sp³-hybridized carbons (Fsp3) is 0.500. The minimum absolute atomic E-state index is 0.140. The molecule has 3 rings (SSSR count). The quantitative estimate of drug-likeness (QED) is 0.758. The first-order chi connectivity index (χ1) is 12.4. The van der Waals surface area contributed by atoms with Crippen LogP contribution in [0.5, 0.6) is 5.75 Å². The van der Waals surface area contributed by atoms with Crippen LogP contribution in [0.1, 0.15) is 45.1 Å². The minimum Gasteiger partial charge on any atom is -0.505 e. The summed E-state index contributed by atoms with van der Waals surface area (Å²) in [6.07, 6.45) is 4.83. The van der Waals surface area contributed by atoms with E-state index in [0.29, 0.717) is 5.56 Å². The van der Waals surface area contributed by atoms with Gasteiger partial charge in [-0.15, -0.1) is 0 Å². The highest BCUT2D eigenvalue weighted by Crippen LogP contribution is 2.39. The predicted molar refractivity (Wildman–Crippen MR) is 100 cm³/mol. The number of ether oxygens (including phenoxy) is 1. The van der Waals surface area contributed by atoms with Gasteiger partial charge in [0.2, 0.25) is 0 Å². The second-order valence-electron chi connectivity index (χ2n) is 6.94. The Labute approximate surface area is 154 Å². The Kier molecular flexibility index (Phi) is 5.53. The predicted octanol–water partition coefficient (Wildman–Crippen LogP) is 4.01. The van der Waals surface area contributed by atoms with Crippen molar-refractivity contribution < 1.29 is 22.7 Å². The van der Waals surface area contributed by atoms with Gasteiger partial charge in [0.15, 0.2) is 21.4 Å². The van der Waals surface area contributed by atoms with Crippen LogP contribution >= 0.6 is 0 Å². The molecule has 0 amide bonds. The Morgan fingerprint density at radius 3 is 2.81 bits per heavy atom. The Hall–Kier alpha value is -1.66. The number of phenols is 1. The summed E-state index contributed by atoms with van der Waals surface area (Å²) in [4.78, 5) is 0. The van der Waals surface area contributed by atoms with Gasteiger partial charge in [-0.05, 0) is 49.0 Å². The molecule has 2 heterocycles. The van der Waals surface area contributed by atoms with Gasteiger partial charge in [-0.1, -0.05) is 37.1 Å². The highest BCUT2D eigenvalue weighted by Gasteiger charge is 2.46. The minimum atomic E-state index is -3.10. The summed E-state index contributed by atoms with van der Waals surface area (Å²) in [5, 5.41) is 8.84. The molecule has 142 valence electrons. The number of allylic oxidation sites excluding steroid dienone is 1. The molecule has 1 saturated heterocycles. The van der Waals surface area contributed by atoms with Crippen molar-refractivity contribution in [3.05, 3.63) is 46.3 Å². The molecular formula is C20H25FO4S. The lowest BCUT2D eigenvalue weighted by Crippen LogP contribution is -2.19. The maximum Gasteiger partial charge on any atom is 0.165 e. The highest BCUT2D eigenvalue weighted by molar-refractivity contribution is 7.92. The van der Waals surface area contributed by atoms with Crippen molar-refractivity contribution in [2.45, 2.75) is 50.9 Å². The van der Waals surface area contributed by atoms with Crippen molar-refractivity contribution in [3.8, 4) is 5.75 Å². The van der Waals surface area contributed by atoms with Gasteiger partial charge in [-0.25, -0.2) is 12.8 Å². The molecule has 0 bridgehead atoms. The van der Waals surface area contributed by atoms with E-state index in [2.05, 4.69) is 0 Å². The van der Waals surface area contributed by atoms with E-state index in [9.17, 15) is 17.9 Å². The molecule has 0 spiro atoms. The molecular weight excluding hydrogens is 355 g/mol. The number of benzene rings is 1. The summed E-state index contributed by atoms with van der Waals surface area (Å²) in [5.41, 5.74) is 3.85. The monoisotopic (exact) mass is 380 g/mol. The number of hydrogen-bond donors (Lipinski definition) is 1. The van der Waals surface area contributed by atoms with E-state index >= 15 is 0 Å². The fourth-order valence-corrected chi connectivity index (χ4v) is 5.88. The largest absolute Gasteiger partial charge is 0.505 e. The lowest BCUT2D eigenvalue weighted by atomic mass is 9.95. The Bertz CT molecular complexity index is 855. The molecule has 0 unspecified atom stereocenters. The van der Waals surface area contributed by atoms with Gasteiger partial charge in [-0.2, -0.15) is 0 Å². The summed E-state index contributed by atoms with van der Waals surface area (Å²) >= 11 is 0. The molecule has 0 aromatic heterocycles. The van der Waals surface area contributed by atoms with E-state index in [4.69, 9.17) is 4.74 Å². The first-order valence-corrected chi connectivity index (χ1v) is 10.8. The van der Waals surface area contributed by atoms with Gasteiger partial charge in [0.1, 0.15) is 5.25 Å². The molecule has 1 N–H and O–H groups in total. The first kappa shape index (κ1) is 19.1. The smallest absolute Gasteiger partial charge is 0.165 e. The Balaban J connectivity index is 1.73. The third-order valence-electron chi connectivity index (χ3n) is 5.31. The molecule has 2 aliphatic heterocycles. The maximum atomic E-state index is 13.5. The number of sulfone groups is 1. The summed E-state index contributed by atoms with van der Waals surface area (Å²) in [7, 11) is -3.10. The number of halogens is 1. The van der Waals surface area contributed by atoms with Crippen LogP contribution in [0.25, 0.3) is 6.08 Å². The topological polar surface area (TPSA) is 63.6 Å². The Morgan fingerprint density at radius 1 is 1.38 bits per heavy atom. The van der Waals surface area contributed by atoms with E-state index in [0.717, 1.165) is 42.4 Å². The average Bonchev–Trinajstić information content (AvgIpc) is 3.14. The molecule has 1 aromatic rings. The summed E-state index contributed by atoms with van der Waals surface area (Å²) < 4.78 is 43.8. The highest BCUT2D eigenvalue weighted by atomic mass is 32.2. The van der Waals surface area contributed by atoms with E-state index in [-0.39, 0.29) is 24.2 Å². The number of rotatable bonds is 6. The van der Waals surface area contributed by atoms with Crippen molar-refractivity contribution >= 4 is 15.9 Å². The van der Waals surface area contributed by atoms with Crippen LogP contribution in [0.15, 0.2) is 34.9 Å². The molecule has 0 saturated carbocycles. The maximum absolute atomic E-state index is 13.5. The molecule has 2 aliphatic rings. The van der Waals surface area contributed by atoms with Gasteiger partial charge in [-0.3, -0.25) is 0 Å². The number of phenolic OH excluding ortho intramolecular Hbond substituents is 1. The zero-order valence-corrected chi connectivity index (χ0v) is 16.0. The lowest BCUT2D eigenvalue weighted by Gasteiger charge is -2.14. The zero-order valence-electron chi connectivity index (χ0n) is 15.2. The fourth-order valence-electron chi connectivity index (χ4n) is 3.83. The standard InChI is InChI=1S/C20H25FO4S/c1-3-13(9-14-5-7-17(22)16(21)10-14)6-8-18-20-15(4-2)12-26(23,24)19(20)11-25-18/h5,7,9-10,18-19,22H,3-4,6,8,11-12H2,1-2H3/b13-9+/t18-,19+/m1/s1. The Morgan fingerprint density at radius 2 is 2.15 bits per heavy atom.